The Hall–Kier alpha value is -7.38. The molecule has 12 amide bonds. The predicted octanol–water partition coefficient (Wildman–Crippen LogP) is -5.75. The smallest absolute Gasteiger partial charge is 0.245 e. The lowest BCUT2D eigenvalue weighted by molar-refractivity contribution is -0.137. The van der Waals surface area contributed by atoms with Crippen LogP contribution in [0.15, 0.2) is 30.3 Å². The maximum atomic E-state index is 14.6. The number of aliphatic hydroxyl groups is 1. The molecule has 0 saturated carbocycles. The van der Waals surface area contributed by atoms with Gasteiger partial charge in [0.05, 0.1) is 12.5 Å². The molecule has 0 unspecified atom stereocenters. The molecule has 1 heterocycles. The van der Waals surface area contributed by atoms with Gasteiger partial charge in [0, 0.05) is 19.4 Å². The van der Waals surface area contributed by atoms with Crippen molar-refractivity contribution >= 4 is 70.9 Å². The highest BCUT2D eigenvalue weighted by Gasteiger charge is 2.37. The van der Waals surface area contributed by atoms with Crippen molar-refractivity contribution < 1.29 is 62.6 Å². The summed E-state index contributed by atoms with van der Waals surface area (Å²) in [5, 5.41) is 38.8. The Morgan fingerprint density at radius 1 is 0.570 bits per heavy atom. The van der Waals surface area contributed by atoms with E-state index in [9.17, 15) is 62.6 Å². The van der Waals surface area contributed by atoms with E-state index >= 15 is 0 Å². The van der Waals surface area contributed by atoms with Gasteiger partial charge in [-0.25, -0.2) is 0 Å². The number of rotatable bonds is 30. The van der Waals surface area contributed by atoms with Crippen molar-refractivity contribution in [2.24, 2.45) is 46.2 Å². The molecule has 24 N–H and O–H groups in total. The van der Waals surface area contributed by atoms with Crippen molar-refractivity contribution in [1.82, 2.24) is 58.5 Å². The molecule has 30 heteroatoms. The van der Waals surface area contributed by atoms with Gasteiger partial charge in [0.1, 0.15) is 60.4 Å². The summed E-state index contributed by atoms with van der Waals surface area (Å²) in [6, 6.07) is -6.45. The first-order valence-corrected chi connectivity index (χ1v) is 29.6. The van der Waals surface area contributed by atoms with Gasteiger partial charge in [-0.3, -0.25) is 57.5 Å². The maximum Gasteiger partial charge on any atom is 0.245 e. The van der Waals surface area contributed by atoms with Gasteiger partial charge in [0.25, 0.3) is 0 Å². The van der Waals surface area contributed by atoms with Crippen LogP contribution < -0.4 is 92.9 Å². The van der Waals surface area contributed by atoms with E-state index in [1.54, 1.807) is 44.2 Å². The van der Waals surface area contributed by atoms with Crippen molar-refractivity contribution in [2.75, 3.05) is 39.3 Å². The van der Waals surface area contributed by atoms with E-state index in [0.29, 0.717) is 17.9 Å². The molecule has 86 heavy (non-hydrogen) atoms. The second kappa shape index (κ2) is 40.1. The van der Waals surface area contributed by atoms with Gasteiger partial charge in [-0.05, 0) is 108 Å². The van der Waals surface area contributed by atoms with Gasteiger partial charge >= 0.3 is 0 Å². The molecule has 30 nitrogen and oxygen atoms in total. The zero-order chi connectivity index (χ0) is 64.5. The van der Waals surface area contributed by atoms with Crippen LogP contribution in [0, 0.1) is 11.8 Å². The zero-order valence-corrected chi connectivity index (χ0v) is 50.3. The fourth-order valence-corrected chi connectivity index (χ4v) is 9.16. The number of unbranched alkanes of at least 4 members (excludes halogenated alkanes) is 1. The summed E-state index contributed by atoms with van der Waals surface area (Å²) >= 11 is 0. The van der Waals surface area contributed by atoms with Crippen LogP contribution >= 0.6 is 0 Å². The molecule has 1 aliphatic rings. The molecule has 1 aromatic rings. The van der Waals surface area contributed by atoms with Crippen molar-refractivity contribution in [3.8, 4) is 0 Å². The Kier molecular flexibility index (Phi) is 34.8. The molecular weight excluding hydrogens is 1120 g/mol. The molecule has 0 aromatic heterocycles. The van der Waals surface area contributed by atoms with Crippen molar-refractivity contribution in [3.63, 3.8) is 0 Å². The zero-order valence-electron chi connectivity index (χ0n) is 50.3. The SMILES string of the molecule is CC[C@H](C)CCCCC(=O)N[C@@H](CCN)C(=O)N[C@H](C(=O)N[C@@H](CCN)C(=O)N[C@H]1CCNC(=O)[C@H](CC(N)=O)NC(=O)[C@H](CCN)NC(=O)[C@H](CCN)NC(=O)[C@H](CC(C)C)NC(=O)[C@@H](Cc2ccccc2)NC(=O)[C@H](CCN)NC1=O)[C@@H](C)O. The fraction of sp³-hybridized carbons (Fsp3) is 0.679. The molecule has 1 saturated heterocycles. The van der Waals surface area contributed by atoms with E-state index in [-0.39, 0.29) is 90.0 Å². The van der Waals surface area contributed by atoms with Crippen molar-refractivity contribution in [2.45, 2.75) is 191 Å². The summed E-state index contributed by atoms with van der Waals surface area (Å²) in [5.74, 6) is -10.7. The van der Waals surface area contributed by atoms with Crippen LogP contribution in [0.5, 0.6) is 0 Å². The van der Waals surface area contributed by atoms with Crippen molar-refractivity contribution in [1.29, 1.82) is 0 Å². The Morgan fingerprint density at radius 3 is 1.56 bits per heavy atom. The molecule has 12 atom stereocenters. The second-order valence-electron chi connectivity index (χ2n) is 22.1. The normalized spacial score (nSPS) is 22.3. The minimum atomic E-state index is -1.71. The molecular formula is C56H97N17O13. The molecule has 2 rings (SSSR count). The van der Waals surface area contributed by atoms with Crippen LogP contribution in [-0.2, 0) is 64.0 Å². The number of benzene rings is 1. The number of primary amides is 1. The van der Waals surface area contributed by atoms with Crippen LogP contribution in [0.1, 0.15) is 124 Å². The summed E-state index contributed by atoms with van der Waals surface area (Å²) in [4.78, 5) is 166. The number of hydrogen-bond donors (Lipinski definition) is 18. The summed E-state index contributed by atoms with van der Waals surface area (Å²) in [7, 11) is 0. The van der Waals surface area contributed by atoms with Gasteiger partial charge in [0.2, 0.25) is 70.9 Å². The molecule has 0 radical (unpaired) electrons. The highest BCUT2D eigenvalue weighted by Crippen LogP contribution is 2.14. The Balaban J connectivity index is 2.70. The van der Waals surface area contributed by atoms with Crippen LogP contribution in [0.4, 0.5) is 0 Å². The number of carbonyl (C=O) groups excluding carboxylic acids is 12. The first-order chi connectivity index (χ1) is 40.8. The van der Waals surface area contributed by atoms with Gasteiger partial charge in [-0.15, -0.1) is 0 Å². The minimum absolute atomic E-state index is 0.0251. The van der Waals surface area contributed by atoms with Crippen molar-refractivity contribution in [3.05, 3.63) is 35.9 Å². The Labute approximate surface area is 502 Å². The van der Waals surface area contributed by atoms with Gasteiger partial charge in [0.15, 0.2) is 0 Å². The molecule has 1 aromatic carbocycles. The number of carbonyl (C=O) groups is 12. The fourth-order valence-electron chi connectivity index (χ4n) is 9.16. The van der Waals surface area contributed by atoms with Gasteiger partial charge in [-0.1, -0.05) is 77.3 Å². The quantitative estimate of drug-likeness (QED) is 0.0319. The third kappa shape index (κ3) is 27.3. The summed E-state index contributed by atoms with van der Waals surface area (Å²) < 4.78 is 0. The maximum absolute atomic E-state index is 14.6. The van der Waals surface area contributed by atoms with Gasteiger partial charge < -0.3 is 98.0 Å². The largest absolute Gasteiger partial charge is 0.391 e. The predicted molar refractivity (Wildman–Crippen MR) is 318 cm³/mol. The monoisotopic (exact) mass is 1220 g/mol. The minimum Gasteiger partial charge on any atom is -0.391 e. The van der Waals surface area contributed by atoms with Gasteiger partial charge in [-0.2, -0.15) is 0 Å². The number of hydrogen-bond acceptors (Lipinski definition) is 18. The Bertz CT molecular complexity index is 2390. The highest BCUT2D eigenvalue weighted by atomic mass is 16.3. The summed E-state index contributed by atoms with van der Waals surface area (Å²) in [6.07, 6.45) is -0.436. The van der Waals surface area contributed by atoms with E-state index in [1.807, 2.05) is 0 Å². The van der Waals surface area contributed by atoms with E-state index in [0.717, 1.165) is 19.3 Å². The lowest BCUT2D eigenvalue weighted by atomic mass is 10.00. The van der Waals surface area contributed by atoms with E-state index in [1.165, 1.54) is 6.92 Å². The average Bonchev–Trinajstić information content (AvgIpc) is 3.67. The first kappa shape index (κ1) is 74.7. The lowest BCUT2D eigenvalue weighted by Crippen LogP contribution is -2.62. The highest BCUT2D eigenvalue weighted by molar-refractivity contribution is 5.99. The summed E-state index contributed by atoms with van der Waals surface area (Å²) in [6.45, 7) is 7.66. The summed E-state index contributed by atoms with van der Waals surface area (Å²) in [5.41, 5.74) is 35.4. The molecule has 484 valence electrons. The Morgan fingerprint density at radius 2 is 1.06 bits per heavy atom. The molecule has 0 spiro atoms. The molecule has 0 bridgehead atoms. The molecule has 1 aliphatic heterocycles. The third-order valence-electron chi connectivity index (χ3n) is 14.2. The topological polar surface area (TPSA) is 514 Å². The lowest BCUT2D eigenvalue weighted by Gasteiger charge is -2.29. The van der Waals surface area contributed by atoms with E-state index in [2.05, 4.69) is 72.3 Å². The standard InChI is InChI=1S/C56H97N17O13/c1-6-32(4)12-10-11-15-45(76)64-35(16-22-57)53(83)73-46(33(5)74)56(86)69-39(20-26-61)49(79)68-40-21-27-63-47(77)43(30-44(62)75)72-51(81)38(19-25-60)65-48(78)36(17-23-58)67-54(84)41(28-31(2)3)70-55(85)42(29-34-13-8-7-9-14-34)71-50(80)37(18-24-59)66-52(40)82/h7-9,13-14,31-33,35-43,46,74H,6,10-12,15-30,57-61H2,1-5H3,(H2,62,75)(H,63,77)(H,64,76)(H,65,78)(H,66,82)(H,67,84)(H,68,79)(H,69,86)(H,70,85)(H,71,80)(H,72,81)(H,73,83)/t32-,33+,35-,36-,37-,38-,39-,40-,41-,42+,43-,46-/m0/s1. The molecule has 0 aliphatic carbocycles. The van der Waals surface area contributed by atoms with E-state index < -0.39 is 157 Å². The number of aliphatic hydroxyl groups excluding tert-OH is 1. The average molecular weight is 1220 g/mol. The molecule has 1 fully saturated rings. The number of amides is 12. The third-order valence-corrected chi connectivity index (χ3v) is 14.2. The number of nitrogens with one attached hydrogen (secondary N) is 11. The first-order valence-electron chi connectivity index (χ1n) is 29.6. The van der Waals surface area contributed by atoms with Crippen LogP contribution in [0.25, 0.3) is 0 Å². The van der Waals surface area contributed by atoms with Crippen LogP contribution in [-0.4, -0.2) is 182 Å². The van der Waals surface area contributed by atoms with Crippen LogP contribution in [0.3, 0.4) is 0 Å². The second-order valence-corrected chi connectivity index (χ2v) is 22.1. The number of nitrogens with two attached hydrogens (primary N) is 6. The van der Waals surface area contributed by atoms with E-state index in [4.69, 9.17) is 34.4 Å². The van der Waals surface area contributed by atoms with Crippen LogP contribution in [0.2, 0.25) is 0 Å².